The molecule has 4 fully saturated rings. The number of phosphoric ester groups is 2. The highest BCUT2D eigenvalue weighted by Crippen LogP contribution is 2.54. The van der Waals surface area contributed by atoms with Crippen LogP contribution in [0, 0.1) is 0 Å². The summed E-state index contributed by atoms with van der Waals surface area (Å²) in [4.78, 5) is 66.8. The molecule has 8 heterocycles. The smallest absolute Gasteiger partial charge is 0.386 e. The zero-order valence-corrected chi connectivity index (χ0v) is 42.0. The van der Waals surface area contributed by atoms with E-state index in [1.165, 1.54) is 23.0 Å². The molecule has 0 saturated carbocycles. The van der Waals surface area contributed by atoms with Crippen LogP contribution in [0.4, 0.5) is 11.9 Å². The number of nitrogens with two attached hydrogens (primary N) is 2. The second kappa shape index (κ2) is 19.1. The molecule has 29 nitrogen and oxygen atoms in total. The van der Waals surface area contributed by atoms with E-state index in [-0.39, 0.29) is 106 Å². The van der Waals surface area contributed by atoms with E-state index in [1.54, 1.807) is 13.8 Å². The van der Waals surface area contributed by atoms with Gasteiger partial charge in [-0.2, -0.15) is 9.97 Å². The summed E-state index contributed by atoms with van der Waals surface area (Å²) in [6, 6.07) is 0. The van der Waals surface area contributed by atoms with Crippen molar-refractivity contribution in [2.45, 2.75) is 110 Å². The van der Waals surface area contributed by atoms with Crippen molar-refractivity contribution in [2.24, 2.45) is 0 Å². The Hall–Kier alpha value is -3.08. The van der Waals surface area contributed by atoms with Crippen LogP contribution in [-0.2, 0) is 61.1 Å². The number of anilines is 2. The van der Waals surface area contributed by atoms with Gasteiger partial charge in [0.05, 0.1) is 40.8 Å². The Morgan fingerprint density at radius 2 is 1.19 bits per heavy atom. The second-order valence-electron chi connectivity index (χ2n) is 17.6. The molecule has 0 aromatic carbocycles. The minimum Gasteiger partial charge on any atom is -0.386 e. The number of phosphoric acid groups is 2. The van der Waals surface area contributed by atoms with Gasteiger partial charge in [0, 0.05) is 18.1 Å². The molecule has 0 amide bonds. The number of hydrogen-bond donors (Lipinski definition) is 8. The third-order valence-electron chi connectivity index (χ3n) is 11.8. The van der Waals surface area contributed by atoms with Crippen LogP contribution in [0.5, 0.6) is 0 Å². The van der Waals surface area contributed by atoms with E-state index in [9.17, 15) is 55.6 Å². The standard InChI is InChI=1S/C34H50N10O19P2S4/c1-33(2,6-10-68(53,54)11-8-66-31-37-17-23(39-29(35)41-25(17)47)43(31)27-19(45)21-15(60-27)13-58-64(49,50)62-21)57-7-5-34(3,4)69(55,56)12-9-67-32-38-18-24(40-30(36)42-26(18)48)44(32)28-20(46)22-16(61-28)14-59-65(51,52)63-22/h15-16,19-22,27-28,45-46H,5-14H2,1-4H3,(H,49,50)(H,51,52)(H3,35,39,41,47)(H3,36,40,42,48)/t15?,16?,19?,20?,21-,22-,27-,28-/m1/s1. The fraction of sp³-hybridized carbons (Fsp3) is 0.706. The molecule has 35 heteroatoms. The summed E-state index contributed by atoms with van der Waals surface area (Å²) in [5.41, 5.74) is 8.56. The highest BCUT2D eigenvalue weighted by molar-refractivity contribution is 8.01. The predicted molar refractivity (Wildman–Crippen MR) is 243 cm³/mol. The first-order valence-corrected chi connectivity index (χ1v) is 29.4. The number of ether oxygens (including phenoxy) is 3. The van der Waals surface area contributed by atoms with E-state index in [0.29, 0.717) is 0 Å². The second-order valence-corrected chi connectivity index (χ2v) is 27.6. The molecule has 4 aliphatic heterocycles. The molecule has 10 N–H and O–H groups in total. The van der Waals surface area contributed by atoms with Crippen molar-refractivity contribution in [3.05, 3.63) is 20.7 Å². The molecule has 0 spiro atoms. The number of nitrogens with one attached hydrogen (secondary N) is 2. The molecule has 0 radical (unpaired) electrons. The van der Waals surface area contributed by atoms with Crippen LogP contribution in [-0.4, -0.2) is 171 Å². The van der Waals surface area contributed by atoms with Gasteiger partial charge in [-0.3, -0.25) is 46.8 Å². The number of aliphatic hydroxyl groups excluding tert-OH is 2. The minimum atomic E-state index is -4.48. The lowest BCUT2D eigenvalue weighted by atomic mass is 10.1. The molecule has 4 aromatic heterocycles. The highest BCUT2D eigenvalue weighted by atomic mass is 32.2. The van der Waals surface area contributed by atoms with E-state index in [2.05, 4.69) is 29.9 Å². The van der Waals surface area contributed by atoms with Gasteiger partial charge < -0.3 is 45.7 Å². The van der Waals surface area contributed by atoms with Gasteiger partial charge >= 0.3 is 15.6 Å². The van der Waals surface area contributed by atoms with Crippen LogP contribution in [0.2, 0.25) is 0 Å². The Bertz CT molecular complexity index is 3080. The molecule has 384 valence electrons. The Kier molecular flexibility index (Phi) is 14.4. The van der Waals surface area contributed by atoms with Crippen molar-refractivity contribution in [1.29, 1.82) is 0 Å². The molecular weight excluding hydrogens is 1040 g/mol. The lowest BCUT2D eigenvalue weighted by Gasteiger charge is -2.29. The molecule has 8 rings (SSSR count). The lowest BCUT2D eigenvalue weighted by Crippen LogP contribution is -2.39. The third-order valence-corrected chi connectivity index (χ3v) is 20.5. The average Bonchev–Trinajstić information content (AvgIpc) is 3.96. The van der Waals surface area contributed by atoms with Gasteiger partial charge in [-0.05, 0) is 40.5 Å². The lowest BCUT2D eigenvalue weighted by molar-refractivity contribution is -0.0685. The van der Waals surface area contributed by atoms with E-state index < -0.39 is 106 Å². The number of aromatic nitrogens is 8. The van der Waals surface area contributed by atoms with Gasteiger partial charge in [-0.15, -0.1) is 0 Å². The Morgan fingerprint density at radius 1 is 0.739 bits per heavy atom. The fourth-order valence-electron chi connectivity index (χ4n) is 7.81. The number of sulfone groups is 2. The number of rotatable bonds is 18. The van der Waals surface area contributed by atoms with Gasteiger partial charge in [-0.1, -0.05) is 23.5 Å². The topological polar surface area (TPSA) is 427 Å². The summed E-state index contributed by atoms with van der Waals surface area (Å²) in [5.74, 6) is -1.79. The van der Waals surface area contributed by atoms with Gasteiger partial charge in [0.15, 0.2) is 64.8 Å². The normalized spacial score (nSPS) is 30.0. The van der Waals surface area contributed by atoms with E-state index in [4.69, 9.17) is 43.8 Å². The zero-order valence-electron chi connectivity index (χ0n) is 37.0. The number of H-pyrrole nitrogens is 2. The molecule has 4 aromatic rings. The zero-order chi connectivity index (χ0) is 50.2. The minimum absolute atomic E-state index is 0.0231. The van der Waals surface area contributed by atoms with Gasteiger partial charge in [0.25, 0.3) is 11.1 Å². The maximum Gasteiger partial charge on any atom is 0.472 e. The summed E-state index contributed by atoms with van der Waals surface area (Å²) < 4.78 is 117. The number of aliphatic hydroxyl groups is 2. The van der Waals surface area contributed by atoms with Crippen LogP contribution < -0.4 is 22.6 Å². The van der Waals surface area contributed by atoms with E-state index >= 15 is 0 Å². The van der Waals surface area contributed by atoms with Crippen molar-refractivity contribution < 1.29 is 78.3 Å². The average molecular weight is 1090 g/mol. The number of hydrogen-bond acceptors (Lipinski definition) is 25. The number of thioether (sulfide) groups is 2. The summed E-state index contributed by atoms with van der Waals surface area (Å²) in [6.45, 7) is 5.56. The SMILES string of the molecule is CC(C)(CCS(=O)(=O)CCSc1nc2c(=O)[nH]c(N)nc2n1[C@@H]1OC2COP(=O)(O)O[C@H]2C1O)OCCC(C)(C)S(=O)(=O)CCSc1nc2c(=O)[nH]c(N)nc2n1[C@@H]1OC2COP(=O)(O)O[C@H]2C1O. The summed E-state index contributed by atoms with van der Waals surface area (Å²) in [5, 5.41) is 22.3. The summed E-state index contributed by atoms with van der Waals surface area (Å²) in [6.07, 6.45) is -10.3. The van der Waals surface area contributed by atoms with Crippen molar-refractivity contribution >= 4 is 93.1 Å². The molecular formula is C34H50N10O19P2S4. The van der Waals surface area contributed by atoms with Gasteiger partial charge in [-0.25, -0.2) is 35.9 Å². The molecule has 4 aliphatic rings. The third kappa shape index (κ3) is 11.0. The van der Waals surface area contributed by atoms with E-state index in [0.717, 1.165) is 23.5 Å². The number of fused-ring (bicyclic) bond motifs is 4. The van der Waals surface area contributed by atoms with Crippen LogP contribution in [0.25, 0.3) is 22.3 Å². The number of nitrogen functional groups attached to an aromatic ring is 2. The van der Waals surface area contributed by atoms with Crippen LogP contribution in [0.1, 0.15) is 53.0 Å². The first kappa shape index (κ1) is 52.2. The van der Waals surface area contributed by atoms with Crippen LogP contribution >= 0.6 is 39.2 Å². The largest absolute Gasteiger partial charge is 0.472 e. The maximum atomic E-state index is 13.7. The molecule has 0 aliphatic carbocycles. The summed E-state index contributed by atoms with van der Waals surface area (Å²) in [7, 11) is -16.6. The Balaban J connectivity index is 0.849. The predicted octanol–water partition coefficient (Wildman–Crippen LogP) is -0.667. The number of nitrogens with zero attached hydrogens (tertiary/aromatic N) is 6. The van der Waals surface area contributed by atoms with Crippen molar-refractivity contribution in [3.63, 3.8) is 0 Å². The van der Waals surface area contributed by atoms with Crippen molar-refractivity contribution in [1.82, 2.24) is 39.0 Å². The highest BCUT2D eigenvalue weighted by Gasteiger charge is 2.55. The Morgan fingerprint density at radius 3 is 1.65 bits per heavy atom. The first-order valence-electron chi connectivity index (χ1n) is 20.9. The van der Waals surface area contributed by atoms with Gasteiger partial charge in [0.2, 0.25) is 11.9 Å². The van der Waals surface area contributed by atoms with Gasteiger partial charge in [0.1, 0.15) is 36.6 Å². The molecule has 10 atom stereocenters. The molecule has 4 saturated heterocycles. The first-order chi connectivity index (χ1) is 32.1. The maximum absolute atomic E-state index is 13.7. The van der Waals surface area contributed by atoms with Crippen molar-refractivity contribution in [3.8, 4) is 0 Å². The fourth-order valence-corrected chi connectivity index (χ4v) is 15.6. The molecule has 0 bridgehead atoms. The number of aromatic amines is 2. The Labute approximate surface area is 399 Å². The molecule has 69 heavy (non-hydrogen) atoms. The van der Waals surface area contributed by atoms with Crippen LogP contribution in [0.15, 0.2) is 19.9 Å². The van der Waals surface area contributed by atoms with Crippen LogP contribution in [0.3, 0.4) is 0 Å². The monoisotopic (exact) mass is 1090 g/mol. The quantitative estimate of drug-likeness (QED) is 0.0452. The summed E-state index contributed by atoms with van der Waals surface area (Å²) >= 11 is 1.84. The number of imidazole rings is 2. The van der Waals surface area contributed by atoms with E-state index in [1.807, 2.05) is 0 Å². The van der Waals surface area contributed by atoms with Crippen molar-refractivity contribution in [2.75, 3.05) is 60.1 Å². The molecule has 6 unspecified atom stereocenters.